The van der Waals surface area contributed by atoms with E-state index in [0.29, 0.717) is 33.9 Å². The van der Waals surface area contributed by atoms with Gasteiger partial charge in [-0.1, -0.05) is 24.3 Å². The number of hydrazine groups is 1. The van der Waals surface area contributed by atoms with Crippen LogP contribution in [0.4, 0.5) is 5.69 Å². The van der Waals surface area contributed by atoms with Gasteiger partial charge in [0.25, 0.3) is 17.7 Å². The molecule has 1 saturated heterocycles. The summed E-state index contributed by atoms with van der Waals surface area (Å²) in [6, 6.07) is 18.0. The van der Waals surface area contributed by atoms with Gasteiger partial charge in [-0.3, -0.25) is 15.0 Å². The number of methoxy groups -OCH3 is 1. The molecule has 38 heavy (non-hydrogen) atoms. The fraction of sp³-hybridized carbons (Fsp3) is 0.111. The second-order valence-corrected chi connectivity index (χ2v) is 8.74. The molecular weight excluding hydrogens is 486 g/mol. The minimum atomic E-state index is -0.491. The van der Waals surface area contributed by atoms with Gasteiger partial charge in [-0.15, -0.1) is 5.10 Å². The van der Waals surface area contributed by atoms with E-state index in [2.05, 4.69) is 25.9 Å². The number of rotatable bonds is 5. The molecule has 0 radical (unpaired) electrons. The van der Waals surface area contributed by atoms with Crippen LogP contribution in [0.3, 0.4) is 0 Å². The minimum absolute atomic E-state index is 0.00591. The van der Waals surface area contributed by atoms with Gasteiger partial charge < -0.3 is 9.47 Å². The lowest BCUT2D eigenvalue weighted by Gasteiger charge is -2.16. The highest BCUT2D eigenvalue weighted by Gasteiger charge is 2.34. The molecule has 11 heteroatoms. The Bertz CT molecular complexity index is 1790. The van der Waals surface area contributed by atoms with Crippen LogP contribution in [-0.4, -0.2) is 43.9 Å². The standard InChI is InChI=1S/C27H21N7O4/c1-15-8-10-18(12-16(15)2)33-27(36)19(25(35)30-33)13-17-9-11-22(23(14-17)37-3)38-26-24-29-31-32-34(24)21-7-5-4-6-20(21)28-26/h4-14H,1-3H3,(H,30,35)/b19-13+. The van der Waals surface area contributed by atoms with E-state index in [1.807, 2.05) is 50.2 Å². The molecule has 0 aliphatic carbocycles. The Kier molecular flexibility index (Phi) is 5.45. The van der Waals surface area contributed by atoms with E-state index in [1.54, 1.807) is 28.8 Å². The van der Waals surface area contributed by atoms with Crippen molar-refractivity contribution < 1.29 is 19.1 Å². The van der Waals surface area contributed by atoms with Crippen LogP contribution in [0.15, 0.2) is 66.2 Å². The van der Waals surface area contributed by atoms with Crippen LogP contribution in [0.25, 0.3) is 22.8 Å². The van der Waals surface area contributed by atoms with Crippen molar-refractivity contribution >= 4 is 40.3 Å². The molecule has 1 N–H and O–H groups in total. The number of anilines is 1. The van der Waals surface area contributed by atoms with Crippen LogP contribution in [0.1, 0.15) is 16.7 Å². The van der Waals surface area contributed by atoms with Crippen LogP contribution < -0.4 is 19.9 Å². The Morgan fingerprint density at radius 3 is 2.61 bits per heavy atom. The molecule has 0 saturated carbocycles. The van der Waals surface area contributed by atoms with E-state index in [4.69, 9.17) is 9.47 Å². The lowest BCUT2D eigenvalue weighted by Crippen LogP contribution is -2.35. The van der Waals surface area contributed by atoms with Gasteiger partial charge in [-0.05, 0) is 83.4 Å². The van der Waals surface area contributed by atoms with Crippen molar-refractivity contribution in [2.45, 2.75) is 13.8 Å². The third kappa shape index (κ3) is 3.86. The molecule has 0 spiro atoms. The lowest BCUT2D eigenvalue weighted by molar-refractivity contribution is -0.117. The highest BCUT2D eigenvalue weighted by atomic mass is 16.5. The molecule has 1 aliphatic heterocycles. The summed E-state index contributed by atoms with van der Waals surface area (Å²) in [6.45, 7) is 3.93. The fourth-order valence-electron chi connectivity index (χ4n) is 4.18. The van der Waals surface area contributed by atoms with Gasteiger partial charge in [-0.2, -0.15) is 4.52 Å². The van der Waals surface area contributed by atoms with E-state index >= 15 is 0 Å². The zero-order chi connectivity index (χ0) is 26.4. The van der Waals surface area contributed by atoms with Crippen molar-refractivity contribution in [3.63, 3.8) is 0 Å². The van der Waals surface area contributed by atoms with Gasteiger partial charge in [0.15, 0.2) is 11.5 Å². The maximum absolute atomic E-state index is 13.1. The quantitative estimate of drug-likeness (QED) is 0.283. The molecule has 1 fully saturated rings. The summed E-state index contributed by atoms with van der Waals surface area (Å²) in [6.07, 6.45) is 1.51. The zero-order valence-electron chi connectivity index (χ0n) is 20.7. The number of amides is 2. The first kappa shape index (κ1) is 23.1. The molecule has 0 atom stereocenters. The topological polar surface area (TPSA) is 124 Å². The van der Waals surface area contributed by atoms with Crippen LogP contribution in [0.5, 0.6) is 17.4 Å². The number of benzene rings is 3. The van der Waals surface area contributed by atoms with Gasteiger partial charge in [0, 0.05) is 0 Å². The second-order valence-electron chi connectivity index (χ2n) is 8.74. The predicted molar refractivity (Wildman–Crippen MR) is 139 cm³/mol. The molecule has 0 unspecified atom stereocenters. The van der Waals surface area contributed by atoms with E-state index in [9.17, 15) is 9.59 Å². The van der Waals surface area contributed by atoms with Gasteiger partial charge in [-0.25, -0.2) is 9.99 Å². The largest absolute Gasteiger partial charge is 0.493 e. The average Bonchev–Trinajstić information content (AvgIpc) is 3.52. The van der Waals surface area contributed by atoms with Gasteiger partial charge >= 0.3 is 0 Å². The number of aromatic nitrogens is 5. The highest BCUT2D eigenvalue weighted by Crippen LogP contribution is 2.34. The van der Waals surface area contributed by atoms with E-state index < -0.39 is 11.8 Å². The summed E-state index contributed by atoms with van der Waals surface area (Å²) in [7, 11) is 1.50. The Hall–Kier alpha value is -5.32. The Morgan fingerprint density at radius 1 is 0.947 bits per heavy atom. The number of para-hydroxylation sites is 2. The molecular formula is C27H21N7O4. The molecule has 6 rings (SSSR count). The second kappa shape index (κ2) is 8.96. The molecule has 5 aromatic rings. The molecule has 2 amide bonds. The summed E-state index contributed by atoms with van der Waals surface area (Å²) >= 11 is 0. The third-order valence-electron chi connectivity index (χ3n) is 6.34. The summed E-state index contributed by atoms with van der Waals surface area (Å²) < 4.78 is 13.2. The van der Waals surface area contributed by atoms with E-state index in [0.717, 1.165) is 16.6 Å². The summed E-state index contributed by atoms with van der Waals surface area (Å²) in [4.78, 5) is 30.3. The molecule has 0 bridgehead atoms. The van der Waals surface area contributed by atoms with Gasteiger partial charge in [0.2, 0.25) is 5.65 Å². The van der Waals surface area contributed by atoms with Crippen molar-refractivity contribution in [2.75, 3.05) is 12.1 Å². The number of carbonyl (C=O) groups is 2. The van der Waals surface area contributed by atoms with Crippen LogP contribution in [-0.2, 0) is 9.59 Å². The first-order chi connectivity index (χ1) is 18.4. The van der Waals surface area contributed by atoms with E-state index in [1.165, 1.54) is 18.2 Å². The predicted octanol–water partition coefficient (Wildman–Crippen LogP) is 3.55. The highest BCUT2D eigenvalue weighted by molar-refractivity contribution is 6.31. The fourth-order valence-corrected chi connectivity index (χ4v) is 4.18. The first-order valence-electron chi connectivity index (χ1n) is 11.7. The zero-order valence-corrected chi connectivity index (χ0v) is 20.7. The third-order valence-corrected chi connectivity index (χ3v) is 6.34. The number of carbonyl (C=O) groups excluding carboxylic acids is 2. The number of tetrazole rings is 1. The van der Waals surface area contributed by atoms with Crippen molar-refractivity contribution in [3.8, 4) is 17.4 Å². The van der Waals surface area contributed by atoms with E-state index in [-0.39, 0.29) is 11.5 Å². The van der Waals surface area contributed by atoms with Crippen molar-refractivity contribution in [1.29, 1.82) is 0 Å². The van der Waals surface area contributed by atoms with Crippen molar-refractivity contribution in [2.24, 2.45) is 0 Å². The maximum atomic E-state index is 13.1. The van der Waals surface area contributed by atoms with Crippen LogP contribution in [0.2, 0.25) is 0 Å². The molecule has 3 heterocycles. The number of ether oxygens (including phenoxy) is 2. The number of nitrogens with zero attached hydrogens (tertiary/aromatic N) is 6. The smallest absolute Gasteiger partial charge is 0.282 e. The number of fused-ring (bicyclic) bond motifs is 3. The van der Waals surface area contributed by atoms with Crippen molar-refractivity contribution in [3.05, 3.63) is 82.9 Å². The summed E-state index contributed by atoms with van der Waals surface area (Å²) in [5, 5.41) is 13.1. The number of hydrogen-bond donors (Lipinski definition) is 1. The monoisotopic (exact) mass is 507 g/mol. The molecule has 11 nitrogen and oxygen atoms in total. The maximum Gasteiger partial charge on any atom is 0.282 e. The Balaban J connectivity index is 1.32. The molecule has 1 aliphatic rings. The van der Waals surface area contributed by atoms with Gasteiger partial charge in [0.05, 0.1) is 23.8 Å². The van der Waals surface area contributed by atoms with Crippen molar-refractivity contribution in [1.82, 2.24) is 30.5 Å². The lowest BCUT2D eigenvalue weighted by atomic mass is 10.1. The molecule has 3 aromatic carbocycles. The summed E-state index contributed by atoms with van der Waals surface area (Å²) in [5.74, 6) is -0.000212. The Labute approximate surface area is 216 Å². The average molecular weight is 508 g/mol. The summed E-state index contributed by atoms with van der Waals surface area (Å²) in [5.41, 5.74) is 7.65. The first-order valence-corrected chi connectivity index (χ1v) is 11.7. The molecule has 2 aromatic heterocycles. The number of aryl methyl sites for hydroxylation is 2. The van der Waals surface area contributed by atoms with Crippen LogP contribution in [0, 0.1) is 13.8 Å². The molecule has 188 valence electrons. The SMILES string of the molecule is COc1cc(/C=C2\C(=O)NN(c3ccc(C)c(C)c3)C2=O)ccc1Oc1nc2ccccc2n2nnnc12. The Morgan fingerprint density at radius 2 is 1.79 bits per heavy atom. The van der Waals surface area contributed by atoms with Gasteiger partial charge in [0.1, 0.15) is 5.57 Å². The minimum Gasteiger partial charge on any atom is -0.493 e. The van der Waals surface area contributed by atoms with Crippen LogP contribution >= 0.6 is 0 Å². The number of nitrogens with one attached hydrogen (secondary N) is 1. The number of hydrogen-bond acceptors (Lipinski definition) is 8. The normalized spacial score (nSPS) is 14.5.